The third-order valence-corrected chi connectivity index (χ3v) is 1.38. The van der Waals surface area contributed by atoms with E-state index in [0.29, 0.717) is 0 Å². The fourth-order valence-corrected chi connectivity index (χ4v) is 0.617. The molecule has 7 heteroatoms. The lowest BCUT2D eigenvalue weighted by molar-refractivity contribution is -0.760. The third kappa shape index (κ3) is 4.51. The molecule has 0 spiro atoms. The van der Waals surface area contributed by atoms with Crippen molar-refractivity contribution in [3.63, 3.8) is 0 Å². The highest BCUT2D eigenvalue weighted by Gasteiger charge is 2.30. The van der Waals surface area contributed by atoms with Crippen molar-refractivity contribution < 1.29 is 19.5 Å². The zero-order valence-corrected chi connectivity index (χ0v) is 8.04. The summed E-state index contributed by atoms with van der Waals surface area (Å²) < 4.78 is 4.46. The van der Waals surface area contributed by atoms with Gasteiger partial charge in [-0.05, 0) is 13.8 Å². The average molecular weight is 212 g/mol. The minimum absolute atomic E-state index is 0.277. The molecule has 0 atom stereocenters. The lowest BCUT2D eigenvalue weighted by atomic mass is 9.95. The molecular formula is C6H10ClNO5. The molecule has 6 nitrogen and oxygen atoms in total. The molecule has 0 radical (unpaired) electrons. The molecule has 0 unspecified atom stereocenters. The molecule has 0 saturated heterocycles. The summed E-state index contributed by atoms with van der Waals surface area (Å²) in [6.07, 6.45) is 0. The molecular weight excluding hydrogens is 202 g/mol. The van der Waals surface area contributed by atoms with Crippen molar-refractivity contribution in [1.82, 2.24) is 0 Å². The van der Waals surface area contributed by atoms with Gasteiger partial charge in [0, 0.05) is 0 Å². The highest BCUT2D eigenvalue weighted by atomic mass is 35.5. The van der Waals surface area contributed by atoms with Crippen molar-refractivity contribution >= 4 is 17.6 Å². The van der Waals surface area contributed by atoms with Crippen LogP contribution in [0.2, 0.25) is 0 Å². The minimum atomic E-state index is -1.07. The number of rotatable bonds is 5. The largest absolute Gasteiger partial charge is 0.449 e. The number of carbonyl (C=O) groups is 1. The minimum Gasteiger partial charge on any atom is -0.449 e. The van der Waals surface area contributed by atoms with Crippen LogP contribution in [0.1, 0.15) is 13.8 Å². The van der Waals surface area contributed by atoms with E-state index in [0.717, 1.165) is 0 Å². The number of hydrogen-bond acceptors (Lipinski definition) is 5. The van der Waals surface area contributed by atoms with E-state index in [1.807, 2.05) is 0 Å². The molecule has 0 aliphatic heterocycles. The van der Waals surface area contributed by atoms with E-state index in [4.69, 9.17) is 11.6 Å². The molecule has 0 bridgehead atoms. The fourth-order valence-electron chi connectivity index (χ4n) is 0.518. The van der Waals surface area contributed by atoms with Gasteiger partial charge in [-0.25, -0.2) is 0 Å². The van der Waals surface area contributed by atoms with Gasteiger partial charge in [-0.15, -0.1) is 10.1 Å². The third-order valence-electron chi connectivity index (χ3n) is 1.27. The number of esters is 1. The van der Waals surface area contributed by atoms with Gasteiger partial charge < -0.3 is 9.57 Å². The van der Waals surface area contributed by atoms with Crippen LogP contribution in [0.4, 0.5) is 0 Å². The number of ether oxygens (including phenoxy) is 1. The van der Waals surface area contributed by atoms with Crippen LogP contribution in [0.5, 0.6) is 0 Å². The fraction of sp³-hybridized carbons (Fsp3) is 0.833. The highest BCUT2D eigenvalue weighted by molar-refractivity contribution is 6.17. The van der Waals surface area contributed by atoms with Crippen LogP contribution in [0.15, 0.2) is 0 Å². The van der Waals surface area contributed by atoms with Gasteiger partial charge in [0.25, 0.3) is 5.09 Å². The van der Waals surface area contributed by atoms with Crippen molar-refractivity contribution in [1.29, 1.82) is 0 Å². The summed E-state index contributed by atoms with van der Waals surface area (Å²) in [7, 11) is 0. The Labute approximate surface area is 79.9 Å². The van der Waals surface area contributed by atoms with Gasteiger partial charge >= 0.3 is 5.97 Å². The van der Waals surface area contributed by atoms with Gasteiger partial charge in [-0.2, -0.15) is 0 Å². The summed E-state index contributed by atoms with van der Waals surface area (Å²) in [6, 6.07) is -0.277. The molecule has 0 aromatic rings. The summed E-state index contributed by atoms with van der Waals surface area (Å²) in [5.74, 6) is -0.635. The van der Waals surface area contributed by atoms with E-state index in [1.54, 1.807) is 0 Å². The van der Waals surface area contributed by atoms with Gasteiger partial charge in [-0.1, -0.05) is 11.6 Å². The van der Waals surface area contributed by atoms with Crippen LogP contribution in [0.25, 0.3) is 0 Å². The summed E-state index contributed by atoms with van der Waals surface area (Å²) in [6.45, 7) is 2.58. The van der Waals surface area contributed by atoms with Crippen molar-refractivity contribution in [2.24, 2.45) is 5.41 Å². The second-order valence-electron chi connectivity index (χ2n) is 2.92. The van der Waals surface area contributed by atoms with Crippen molar-refractivity contribution in [2.45, 2.75) is 13.8 Å². The number of carbonyl (C=O) groups excluding carboxylic acids is 1. The van der Waals surface area contributed by atoms with Crippen molar-refractivity contribution in [3.8, 4) is 0 Å². The van der Waals surface area contributed by atoms with E-state index in [2.05, 4.69) is 9.57 Å². The molecule has 0 fully saturated rings. The topological polar surface area (TPSA) is 78.7 Å². The van der Waals surface area contributed by atoms with Gasteiger partial charge in [0.1, 0.15) is 6.61 Å². The molecule has 0 aromatic heterocycles. The summed E-state index contributed by atoms with van der Waals surface area (Å²) in [5.41, 5.74) is -1.07. The Morgan fingerprint density at radius 3 is 2.54 bits per heavy atom. The average Bonchev–Trinajstić information content (AvgIpc) is 2.01. The quantitative estimate of drug-likeness (QED) is 0.293. The number of alkyl halides is 1. The van der Waals surface area contributed by atoms with Gasteiger partial charge in [0.15, 0.2) is 6.07 Å². The zero-order chi connectivity index (χ0) is 10.5. The molecule has 13 heavy (non-hydrogen) atoms. The lowest BCUT2D eigenvalue weighted by Gasteiger charge is -2.19. The molecule has 0 rings (SSSR count). The molecule has 0 aliphatic carbocycles. The summed E-state index contributed by atoms with van der Waals surface area (Å²) in [5, 5.41) is 8.87. The predicted octanol–water partition coefficient (Wildman–Crippen LogP) is 0.960. The normalized spacial score (nSPS) is 10.7. The van der Waals surface area contributed by atoms with Crippen LogP contribution < -0.4 is 0 Å². The Bertz CT molecular complexity index is 205. The molecule has 76 valence electrons. The highest BCUT2D eigenvalue weighted by Crippen LogP contribution is 2.17. The summed E-state index contributed by atoms with van der Waals surface area (Å²) >= 11 is 5.15. The van der Waals surface area contributed by atoms with Crippen molar-refractivity contribution in [2.75, 3.05) is 12.7 Å². The monoisotopic (exact) mass is 211 g/mol. The second kappa shape index (κ2) is 4.86. The van der Waals surface area contributed by atoms with Gasteiger partial charge in [0.2, 0.25) is 0 Å². The Hall–Kier alpha value is -1.04. The van der Waals surface area contributed by atoms with E-state index in [1.165, 1.54) is 13.8 Å². The second-order valence-corrected chi connectivity index (χ2v) is 3.14. The van der Waals surface area contributed by atoms with Crippen molar-refractivity contribution in [3.05, 3.63) is 10.1 Å². The maximum absolute atomic E-state index is 11.1. The van der Waals surface area contributed by atoms with Gasteiger partial charge in [-0.3, -0.25) is 4.79 Å². The summed E-state index contributed by atoms with van der Waals surface area (Å²) in [4.78, 5) is 25.0. The Balaban J connectivity index is 4.05. The first-order valence-corrected chi connectivity index (χ1v) is 3.94. The Kier molecular flexibility index (Phi) is 4.47. The first-order valence-electron chi connectivity index (χ1n) is 3.40. The first-order chi connectivity index (χ1) is 5.90. The van der Waals surface area contributed by atoms with Crippen LogP contribution in [0.3, 0.4) is 0 Å². The maximum atomic E-state index is 11.1. The van der Waals surface area contributed by atoms with E-state index in [-0.39, 0.29) is 12.7 Å². The molecule has 0 aromatic carbocycles. The van der Waals surface area contributed by atoms with Crippen LogP contribution in [-0.2, 0) is 14.4 Å². The Morgan fingerprint density at radius 1 is 1.62 bits per heavy atom. The van der Waals surface area contributed by atoms with E-state index in [9.17, 15) is 14.9 Å². The zero-order valence-electron chi connectivity index (χ0n) is 7.28. The number of hydrogen-bond donors (Lipinski definition) is 0. The van der Waals surface area contributed by atoms with E-state index < -0.39 is 16.5 Å². The van der Waals surface area contributed by atoms with Crippen LogP contribution in [-0.4, -0.2) is 23.7 Å². The molecule has 0 aliphatic rings. The first kappa shape index (κ1) is 12.0. The maximum Gasteiger partial charge on any atom is 0.314 e. The number of halogens is 1. The standard InChI is InChI=1S/C6H10ClNO5/c1-6(2,3-13-8(10)11)5(9)12-4-7/h3-4H2,1-2H3. The Morgan fingerprint density at radius 2 is 2.15 bits per heavy atom. The number of nitrogens with zero attached hydrogens (tertiary/aromatic N) is 1. The lowest BCUT2D eigenvalue weighted by Crippen LogP contribution is -2.32. The van der Waals surface area contributed by atoms with Gasteiger partial charge in [0.05, 0.1) is 5.41 Å². The molecule has 0 N–H and O–H groups in total. The molecule has 0 saturated carbocycles. The molecule has 0 heterocycles. The molecule has 0 amide bonds. The van der Waals surface area contributed by atoms with Crippen LogP contribution in [0, 0.1) is 15.5 Å². The predicted molar refractivity (Wildman–Crippen MR) is 43.5 cm³/mol. The smallest absolute Gasteiger partial charge is 0.314 e. The SMILES string of the molecule is CC(C)(CO[N+](=O)[O-])C(=O)OCCl. The van der Waals surface area contributed by atoms with Crippen LogP contribution >= 0.6 is 11.6 Å². The van der Waals surface area contributed by atoms with E-state index >= 15 is 0 Å².